The highest BCUT2D eigenvalue weighted by Gasteiger charge is 2.32. The van der Waals surface area contributed by atoms with E-state index in [4.69, 9.17) is 0 Å². The zero-order chi connectivity index (χ0) is 23.2. The van der Waals surface area contributed by atoms with Gasteiger partial charge in [-0.3, -0.25) is 0 Å². The molecule has 2 aromatic heterocycles. The molecule has 0 atom stereocenters. The maximum atomic E-state index is 14.9. The first-order valence-electron chi connectivity index (χ1n) is 10.1. The lowest BCUT2D eigenvalue weighted by Crippen LogP contribution is -2.13. The molecule has 0 bridgehead atoms. The number of halogens is 1. The van der Waals surface area contributed by atoms with Crippen LogP contribution >= 0.6 is 0 Å². The summed E-state index contributed by atoms with van der Waals surface area (Å²) in [7, 11) is -3.98. The molecule has 1 aliphatic carbocycles. The molecule has 11 heteroatoms. The molecular formula is C22H18FN5O4S. The summed E-state index contributed by atoms with van der Waals surface area (Å²) in [6, 6.07) is 10.3. The number of aromatic nitrogens is 5. The van der Waals surface area contributed by atoms with Crippen molar-refractivity contribution in [2.24, 2.45) is 0 Å². The topological polar surface area (TPSA) is 120 Å². The summed E-state index contributed by atoms with van der Waals surface area (Å²) >= 11 is 0. The van der Waals surface area contributed by atoms with Crippen molar-refractivity contribution < 1.29 is 22.7 Å². The van der Waals surface area contributed by atoms with Crippen molar-refractivity contribution in [2.45, 2.75) is 29.4 Å². The molecular weight excluding hydrogens is 449 g/mol. The Balaban J connectivity index is 1.65. The largest absolute Gasteiger partial charge is 0.478 e. The van der Waals surface area contributed by atoms with E-state index in [2.05, 4.69) is 15.5 Å². The van der Waals surface area contributed by atoms with E-state index in [1.54, 1.807) is 35.2 Å². The minimum absolute atomic E-state index is 0.00260. The van der Waals surface area contributed by atoms with Crippen LogP contribution in [0, 0.1) is 5.82 Å². The Kier molecular flexibility index (Phi) is 5.05. The van der Waals surface area contributed by atoms with Crippen LogP contribution in [0.4, 0.5) is 4.39 Å². The number of carbonyl (C=O) groups is 1. The minimum atomic E-state index is -3.98. The molecule has 168 valence electrons. The molecule has 9 nitrogen and oxygen atoms in total. The van der Waals surface area contributed by atoms with E-state index in [1.807, 2.05) is 0 Å². The molecule has 0 unspecified atom stereocenters. The number of rotatable bonds is 7. The molecule has 33 heavy (non-hydrogen) atoms. The van der Waals surface area contributed by atoms with Gasteiger partial charge in [0.15, 0.2) is 15.7 Å². The van der Waals surface area contributed by atoms with Crippen LogP contribution in [0.1, 0.15) is 40.2 Å². The van der Waals surface area contributed by atoms with Crippen molar-refractivity contribution in [2.75, 3.05) is 0 Å². The molecule has 5 rings (SSSR count). The lowest BCUT2D eigenvalue weighted by molar-refractivity contribution is 0.0696. The number of hydrogen-bond donors (Lipinski definition) is 1. The third-order valence-corrected chi connectivity index (χ3v) is 7.30. The van der Waals surface area contributed by atoms with Gasteiger partial charge in [0.1, 0.15) is 12.0 Å². The second-order valence-electron chi connectivity index (χ2n) is 7.87. The van der Waals surface area contributed by atoms with Crippen LogP contribution in [0.25, 0.3) is 11.4 Å². The van der Waals surface area contributed by atoms with Gasteiger partial charge in [-0.05, 0) is 70.6 Å². The van der Waals surface area contributed by atoms with Crippen molar-refractivity contribution in [3.63, 3.8) is 0 Å². The van der Waals surface area contributed by atoms with Crippen LogP contribution in [0.5, 0.6) is 0 Å². The number of carboxylic acid groups (broad SMARTS) is 1. The Hall–Kier alpha value is -3.86. The van der Waals surface area contributed by atoms with E-state index in [-0.39, 0.29) is 22.1 Å². The maximum absolute atomic E-state index is 14.9. The average molecular weight is 467 g/mol. The fraction of sp³-hybridized carbons (Fsp3) is 0.182. The van der Waals surface area contributed by atoms with E-state index in [1.165, 1.54) is 30.6 Å². The molecule has 1 N–H and O–H groups in total. The summed E-state index contributed by atoms with van der Waals surface area (Å²) in [4.78, 5) is 11.5. The smallest absolute Gasteiger partial charge is 0.335 e. The monoisotopic (exact) mass is 467 g/mol. The summed E-state index contributed by atoms with van der Waals surface area (Å²) in [5.41, 5.74) is 1.19. The van der Waals surface area contributed by atoms with Crippen LogP contribution in [0.3, 0.4) is 0 Å². The molecule has 0 spiro atoms. The number of carboxylic acids is 1. The molecule has 0 radical (unpaired) electrons. The maximum Gasteiger partial charge on any atom is 0.335 e. The normalized spacial score (nSPS) is 13.8. The molecule has 0 aliphatic heterocycles. The van der Waals surface area contributed by atoms with Gasteiger partial charge in [0.25, 0.3) is 0 Å². The van der Waals surface area contributed by atoms with Gasteiger partial charge in [-0.1, -0.05) is 6.07 Å². The Morgan fingerprint density at radius 2 is 1.88 bits per heavy atom. The van der Waals surface area contributed by atoms with Gasteiger partial charge in [-0.2, -0.15) is 4.68 Å². The Bertz CT molecular complexity index is 1450. The zero-order valence-electron chi connectivity index (χ0n) is 17.2. The number of benzene rings is 2. The highest BCUT2D eigenvalue weighted by Crippen LogP contribution is 2.43. The van der Waals surface area contributed by atoms with Crippen LogP contribution in [-0.2, 0) is 15.6 Å². The SMILES string of the molecule is O=C(O)c1ccc(C2CC2)c(S(=O)(=O)Cc2cc(-n3cnnn3)c(F)cc2-n2cccc2)c1. The highest BCUT2D eigenvalue weighted by atomic mass is 32.2. The predicted molar refractivity (Wildman–Crippen MR) is 115 cm³/mol. The van der Waals surface area contributed by atoms with Gasteiger partial charge in [-0.25, -0.2) is 17.6 Å². The first-order chi connectivity index (χ1) is 15.8. The Morgan fingerprint density at radius 3 is 2.52 bits per heavy atom. The van der Waals surface area contributed by atoms with E-state index in [0.29, 0.717) is 16.8 Å². The molecule has 0 saturated heterocycles. The van der Waals surface area contributed by atoms with Crippen molar-refractivity contribution >= 4 is 15.8 Å². The van der Waals surface area contributed by atoms with Crippen molar-refractivity contribution in [1.29, 1.82) is 0 Å². The fourth-order valence-corrected chi connectivity index (χ4v) is 5.54. The third-order valence-electron chi connectivity index (χ3n) is 5.58. The number of aromatic carboxylic acids is 1. The van der Waals surface area contributed by atoms with E-state index >= 15 is 0 Å². The first-order valence-corrected chi connectivity index (χ1v) is 11.8. The fourth-order valence-electron chi connectivity index (χ4n) is 3.84. The minimum Gasteiger partial charge on any atom is -0.478 e. The van der Waals surface area contributed by atoms with E-state index in [0.717, 1.165) is 17.5 Å². The molecule has 2 heterocycles. The summed E-state index contributed by atoms with van der Waals surface area (Å²) in [5, 5.41) is 20.1. The van der Waals surface area contributed by atoms with Gasteiger partial charge < -0.3 is 9.67 Å². The lowest BCUT2D eigenvalue weighted by Gasteiger charge is -2.16. The summed E-state index contributed by atoms with van der Waals surface area (Å²) in [6.45, 7) is 0. The predicted octanol–water partition coefficient (Wildman–Crippen LogP) is 3.14. The molecule has 1 saturated carbocycles. The molecule has 2 aromatic carbocycles. The summed E-state index contributed by atoms with van der Waals surface area (Å²) in [5.74, 6) is -2.20. The van der Waals surface area contributed by atoms with Crippen molar-refractivity contribution in [3.05, 3.63) is 83.7 Å². The molecule has 1 fully saturated rings. The van der Waals surface area contributed by atoms with E-state index in [9.17, 15) is 22.7 Å². The Morgan fingerprint density at radius 1 is 1.12 bits per heavy atom. The third kappa shape index (κ3) is 4.02. The standard InChI is InChI=1S/C22H18FN5O4S/c23-18-11-19(27-7-1-2-8-27)16(9-20(18)28-13-24-25-26-28)12-33(31,32)21-10-15(22(29)30)5-6-17(21)14-3-4-14/h1-2,5-11,13-14H,3-4,12H2,(H,29,30). The number of nitrogens with zero attached hydrogens (tertiary/aromatic N) is 5. The lowest BCUT2D eigenvalue weighted by atomic mass is 10.1. The molecule has 4 aromatic rings. The van der Waals surface area contributed by atoms with Crippen LogP contribution in [-0.4, -0.2) is 44.3 Å². The van der Waals surface area contributed by atoms with Crippen LogP contribution < -0.4 is 0 Å². The zero-order valence-corrected chi connectivity index (χ0v) is 18.0. The van der Waals surface area contributed by atoms with Crippen molar-refractivity contribution in [3.8, 4) is 11.4 Å². The number of sulfone groups is 1. The number of hydrogen-bond acceptors (Lipinski definition) is 6. The Labute approximate surface area is 188 Å². The van der Waals surface area contributed by atoms with Crippen LogP contribution in [0.15, 0.2) is 66.1 Å². The van der Waals surface area contributed by atoms with Gasteiger partial charge in [0.05, 0.1) is 21.9 Å². The molecule has 0 amide bonds. The van der Waals surface area contributed by atoms with Gasteiger partial charge >= 0.3 is 5.97 Å². The second-order valence-corrected chi connectivity index (χ2v) is 9.83. The van der Waals surface area contributed by atoms with E-state index < -0.39 is 27.4 Å². The van der Waals surface area contributed by atoms with Gasteiger partial charge in [0.2, 0.25) is 0 Å². The van der Waals surface area contributed by atoms with Gasteiger partial charge in [0, 0.05) is 18.5 Å². The summed E-state index contributed by atoms with van der Waals surface area (Å²) < 4.78 is 44.8. The summed E-state index contributed by atoms with van der Waals surface area (Å²) in [6.07, 6.45) is 6.28. The highest BCUT2D eigenvalue weighted by molar-refractivity contribution is 7.90. The second kappa shape index (κ2) is 7.93. The molecule has 1 aliphatic rings. The van der Waals surface area contributed by atoms with Gasteiger partial charge in [-0.15, -0.1) is 5.10 Å². The van der Waals surface area contributed by atoms with Crippen LogP contribution in [0.2, 0.25) is 0 Å². The van der Waals surface area contributed by atoms with Crippen molar-refractivity contribution in [1.82, 2.24) is 24.8 Å². The first kappa shape index (κ1) is 21.0. The number of tetrazole rings is 1. The quantitative estimate of drug-likeness (QED) is 0.443. The average Bonchev–Trinajstić information content (AvgIpc) is 3.24.